The molecule has 3 saturated carbocycles. The fraction of sp³-hybridized carbons (Fsp3) is 0.870. The molecule has 26 heavy (non-hydrogen) atoms. The lowest BCUT2D eigenvalue weighted by molar-refractivity contribution is -0.148. The van der Waals surface area contributed by atoms with Gasteiger partial charge in [0.05, 0.1) is 6.10 Å². The minimum atomic E-state index is -0.175. The van der Waals surface area contributed by atoms with Gasteiger partial charge in [-0.25, -0.2) is 0 Å². The highest BCUT2D eigenvalue weighted by Crippen LogP contribution is 2.66. The second kappa shape index (κ2) is 6.36. The molecule has 0 aromatic rings. The number of aliphatic hydroxyl groups is 1. The van der Waals surface area contributed by atoms with Gasteiger partial charge in [-0.2, -0.15) is 0 Å². The third-order valence-electron chi connectivity index (χ3n) is 9.05. The Kier molecular flexibility index (Phi) is 4.53. The lowest BCUT2D eigenvalue weighted by Crippen LogP contribution is -2.51. The number of aliphatic hydroxyl groups excluding tert-OH is 1. The topological polar surface area (TPSA) is 46.5 Å². The SMILES string of the molecule is CC(=O)O[C@@H]1CC[C@@]2(C)C(=CC[C@H]3[C@@H]4CC[C@H]([C@@H](C)O)[C@@]4(C)CC[C@@H]32)C1. The smallest absolute Gasteiger partial charge is 0.302 e. The molecule has 3 nitrogen and oxygen atoms in total. The quantitative estimate of drug-likeness (QED) is 0.564. The highest BCUT2D eigenvalue weighted by Gasteiger charge is 2.59. The van der Waals surface area contributed by atoms with Crippen LogP contribution in [0.2, 0.25) is 0 Å². The Bertz CT molecular complexity index is 609. The summed E-state index contributed by atoms with van der Waals surface area (Å²) in [6, 6.07) is 0. The van der Waals surface area contributed by atoms with Gasteiger partial charge in [-0.3, -0.25) is 4.79 Å². The monoisotopic (exact) mass is 360 g/mol. The summed E-state index contributed by atoms with van der Waals surface area (Å²) in [6.07, 6.45) is 11.8. The zero-order valence-electron chi connectivity index (χ0n) is 17.0. The molecule has 0 aliphatic heterocycles. The normalized spacial score (nSPS) is 48.7. The molecule has 3 heteroatoms. The van der Waals surface area contributed by atoms with Crippen LogP contribution >= 0.6 is 0 Å². The summed E-state index contributed by atoms with van der Waals surface area (Å²) in [5.74, 6) is 2.65. The van der Waals surface area contributed by atoms with Crippen molar-refractivity contribution in [3.8, 4) is 0 Å². The first kappa shape index (κ1) is 18.5. The Balaban J connectivity index is 1.58. The van der Waals surface area contributed by atoms with Crippen molar-refractivity contribution in [1.29, 1.82) is 0 Å². The Morgan fingerprint density at radius 3 is 2.65 bits per heavy atom. The maximum atomic E-state index is 11.4. The molecule has 4 rings (SSSR count). The van der Waals surface area contributed by atoms with Crippen LogP contribution in [-0.4, -0.2) is 23.3 Å². The van der Waals surface area contributed by atoms with Crippen LogP contribution in [0.3, 0.4) is 0 Å². The van der Waals surface area contributed by atoms with E-state index in [-0.39, 0.29) is 18.2 Å². The summed E-state index contributed by atoms with van der Waals surface area (Å²) in [6.45, 7) is 8.49. The second-order valence-electron chi connectivity index (χ2n) is 10.2. The van der Waals surface area contributed by atoms with Gasteiger partial charge in [-0.1, -0.05) is 25.5 Å². The van der Waals surface area contributed by atoms with Crippen molar-refractivity contribution in [2.75, 3.05) is 0 Å². The van der Waals surface area contributed by atoms with Crippen LogP contribution in [0, 0.1) is 34.5 Å². The number of esters is 1. The fourth-order valence-corrected chi connectivity index (χ4v) is 7.80. The van der Waals surface area contributed by atoms with Crippen molar-refractivity contribution in [3.05, 3.63) is 11.6 Å². The van der Waals surface area contributed by atoms with Crippen molar-refractivity contribution in [1.82, 2.24) is 0 Å². The average molecular weight is 361 g/mol. The predicted octanol–water partition coefficient (Wildman–Crippen LogP) is 4.88. The van der Waals surface area contributed by atoms with Crippen LogP contribution in [0.1, 0.15) is 79.1 Å². The number of hydrogen-bond acceptors (Lipinski definition) is 3. The van der Waals surface area contributed by atoms with Crippen LogP contribution in [0.4, 0.5) is 0 Å². The average Bonchev–Trinajstić information content (AvgIpc) is 2.92. The van der Waals surface area contributed by atoms with Crippen LogP contribution in [0.5, 0.6) is 0 Å². The molecular weight excluding hydrogens is 324 g/mol. The van der Waals surface area contributed by atoms with Gasteiger partial charge in [0.1, 0.15) is 6.10 Å². The summed E-state index contributed by atoms with van der Waals surface area (Å²) in [4.78, 5) is 11.4. The summed E-state index contributed by atoms with van der Waals surface area (Å²) in [5.41, 5.74) is 2.18. The van der Waals surface area contributed by atoms with E-state index in [1.807, 2.05) is 6.92 Å². The molecule has 3 fully saturated rings. The molecular formula is C23H36O3. The molecule has 4 aliphatic carbocycles. The number of hydrogen-bond donors (Lipinski definition) is 1. The maximum Gasteiger partial charge on any atom is 0.302 e. The third kappa shape index (κ3) is 2.68. The van der Waals surface area contributed by atoms with E-state index in [9.17, 15) is 9.90 Å². The Morgan fingerprint density at radius 1 is 1.19 bits per heavy atom. The van der Waals surface area contributed by atoms with E-state index in [2.05, 4.69) is 19.9 Å². The van der Waals surface area contributed by atoms with Crippen LogP contribution < -0.4 is 0 Å². The molecule has 0 heterocycles. The minimum Gasteiger partial charge on any atom is -0.462 e. The highest BCUT2D eigenvalue weighted by molar-refractivity contribution is 5.66. The van der Waals surface area contributed by atoms with Gasteiger partial charge in [-0.15, -0.1) is 0 Å². The van der Waals surface area contributed by atoms with E-state index < -0.39 is 0 Å². The standard InChI is InChI=1S/C23H36O3/c1-14(24)19-7-8-20-18-6-5-16-13-17(26-15(2)25)9-11-22(16,3)21(18)10-12-23(19,20)4/h5,14,17-21,24H,6-13H2,1-4H3/t14-,17-,18+,19-,20+,21+,22+,23-/m1/s1. The van der Waals surface area contributed by atoms with Crippen LogP contribution in [0.15, 0.2) is 11.6 Å². The largest absolute Gasteiger partial charge is 0.462 e. The molecule has 8 atom stereocenters. The van der Waals surface area contributed by atoms with Crippen molar-refractivity contribution in [2.24, 2.45) is 34.5 Å². The zero-order valence-corrected chi connectivity index (χ0v) is 17.0. The van der Waals surface area contributed by atoms with Crippen molar-refractivity contribution in [2.45, 2.75) is 91.3 Å². The highest BCUT2D eigenvalue weighted by atomic mass is 16.5. The van der Waals surface area contributed by atoms with Crippen molar-refractivity contribution >= 4 is 5.97 Å². The lowest BCUT2D eigenvalue weighted by atomic mass is 9.47. The fourth-order valence-electron chi connectivity index (χ4n) is 7.80. The van der Waals surface area contributed by atoms with E-state index in [0.717, 1.165) is 37.0 Å². The molecule has 0 radical (unpaired) electrons. The van der Waals surface area contributed by atoms with E-state index in [1.54, 1.807) is 5.57 Å². The first-order chi connectivity index (χ1) is 12.3. The molecule has 0 aromatic carbocycles. The Hall–Kier alpha value is -0.830. The van der Waals surface area contributed by atoms with Gasteiger partial charge in [0.15, 0.2) is 0 Å². The molecule has 0 aromatic heterocycles. The summed E-state index contributed by atoms with van der Waals surface area (Å²) in [5, 5.41) is 10.3. The Labute approximate surface area is 158 Å². The van der Waals surface area contributed by atoms with E-state index in [4.69, 9.17) is 4.74 Å². The number of carbonyl (C=O) groups is 1. The van der Waals surface area contributed by atoms with Crippen LogP contribution in [-0.2, 0) is 9.53 Å². The van der Waals surface area contributed by atoms with E-state index in [1.165, 1.54) is 39.0 Å². The number of carbonyl (C=O) groups excluding carboxylic acids is 1. The number of allylic oxidation sites excluding steroid dienone is 1. The molecule has 0 spiro atoms. The summed E-state index contributed by atoms with van der Waals surface area (Å²) >= 11 is 0. The second-order valence-corrected chi connectivity index (χ2v) is 10.2. The lowest BCUT2D eigenvalue weighted by Gasteiger charge is -2.58. The van der Waals surface area contributed by atoms with Crippen molar-refractivity contribution < 1.29 is 14.6 Å². The predicted molar refractivity (Wildman–Crippen MR) is 102 cm³/mol. The van der Waals surface area contributed by atoms with Gasteiger partial charge >= 0.3 is 5.97 Å². The summed E-state index contributed by atoms with van der Waals surface area (Å²) in [7, 11) is 0. The van der Waals surface area contributed by atoms with E-state index >= 15 is 0 Å². The summed E-state index contributed by atoms with van der Waals surface area (Å²) < 4.78 is 5.54. The van der Waals surface area contributed by atoms with Gasteiger partial charge in [0.25, 0.3) is 0 Å². The van der Waals surface area contributed by atoms with Crippen molar-refractivity contribution in [3.63, 3.8) is 0 Å². The van der Waals surface area contributed by atoms with Crippen LogP contribution in [0.25, 0.3) is 0 Å². The molecule has 0 amide bonds. The molecule has 4 aliphatic rings. The number of fused-ring (bicyclic) bond motifs is 5. The van der Waals surface area contributed by atoms with Gasteiger partial charge in [0, 0.05) is 13.3 Å². The first-order valence-corrected chi connectivity index (χ1v) is 10.8. The number of rotatable bonds is 2. The van der Waals surface area contributed by atoms with Gasteiger partial charge in [-0.05, 0) is 86.4 Å². The first-order valence-electron chi connectivity index (χ1n) is 10.8. The van der Waals surface area contributed by atoms with Gasteiger partial charge < -0.3 is 9.84 Å². The van der Waals surface area contributed by atoms with Gasteiger partial charge in [0.2, 0.25) is 0 Å². The molecule has 146 valence electrons. The minimum absolute atomic E-state index is 0.0864. The molecule has 1 N–H and O–H groups in total. The van der Waals surface area contributed by atoms with E-state index in [0.29, 0.717) is 16.7 Å². The molecule has 0 unspecified atom stereocenters. The Morgan fingerprint density at radius 2 is 1.96 bits per heavy atom. The number of ether oxygens (including phenoxy) is 1. The third-order valence-corrected chi connectivity index (χ3v) is 9.05. The molecule has 0 saturated heterocycles. The zero-order chi connectivity index (χ0) is 18.7. The molecule has 0 bridgehead atoms. The maximum absolute atomic E-state index is 11.4.